The van der Waals surface area contributed by atoms with Gasteiger partial charge in [0.15, 0.2) is 0 Å². The molecule has 0 fully saturated rings. The van der Waals surface area contributed by atoms with Crippen molar-refractivity contribution in [2.75, 3.05) is 13.6 Å². The highest BCUT2D eigenvalue weighted by molar-refractivity contribution is 6.30. The number of hydrogen-bond donors (Lipinski definition) is 1. The monoisotopic (exact) mass is 259 g/mol. The van der Waals surface area contributed by atoms with Crippen LogP contribution in [0.1, 0.15) is 12.5 Å². The van der Waals surface area contributed by atoms with Gasteiger partial charge in [-0.05, 0) is 31.0 Å². The average molecular weight is 260 g/mol. The minimum atomic E-state index is -1.00. The molecule has 94 valence electrons. The van der Waals surface area contributed by atoms with Gasteiger partial charge < -0.3 is 10.0 Å². The molecule has 0 saturated carbocycles. The first-order valence-electron chi connectivity index (χ1n) is 5.28. The Hall–Kier alpha value is -1.13. The van der Waals surface area contributed by atoms with Crippen LogP contribution in [0.2, 0.25) is 5.02 Å². The third-order valence-corrected chi connectivity index (χ3v) is 2.74. The van der Waals surface area contributed by atoms with Crippen molar-refractivity contribution in [3.63, 3.8) is 0 Å². The van der Waals surface area contributed by atoms with Gasteiger partial charge in [0.05, 0.1) is 5.02 Å². The minimum absolute atomic E-state index is 0.0759. The van der Waals surface area contributed by atoms with E-state index in [-0.39, 0.29) is 10.9 Å². The van der Waals surface area contributed by atoms with Crippen LogP contribution in [-0.2, 0) is 11.2 Å². The Morgan fingerprint density at radius 3 is 2.76 bits per heavy atom. The molecule has 0 aliphatic carbocycles. The molecule has 0 radical (unpaired) electrons. The number of nitrogens with zero attached hydrogens (tertiary/aromatic N) is 1. The summed E-state index contributed by atoms with van der Waals surface area (Å²) in [7, 11) is 1.61. The summed E-state index contributed by atoms with van der Waals surface area (Å²) < 4.78 is 12.9. The van der Waals surface area contributed by atoms with Gasteiger partial charge in [0.2, 0.25) is 0 Å². The van der Waals surface area contributed by atoms with Gasteiger partial charge in [-0.2, -0.15) is 0 Å². The van der Waals surface area contributed by atoms with Crippen LogP contribution >= 0.6 is 11.6 Å². The lowest BCUT2D eigenvalue weighted by Crippen LogP contribution is -2.35. The summed E-state index contributed by atoms with van der Waals surface area (Å²) in [5.41, 5.74) is 0.849. The Bertz CT molecular complexity index is 409. The van der Waals surface area contributed by atoms with Gasteiger partial charge in [0.25, 0.3) is 5.91 Å². The Morgan fingerprint density at radius 2 is 2.24 bits per heavy atom. The second kappa shape index (κ2) is 5.98. The highest BCUT2D eigenvalue weighted by Crippen LogP contribution is 2.16. The first-order valence-corrected chi connectivity index (χ1v) is 5.66. The fraction of sp³-hybridized carbons (Fsp3) is 0.417. The molecule has 5 heteroatoms. The Labute approximate surface area is 105 Å². The predicted molar refractivity (Wildman–Crippen MR) is 64.4 cm³/mol. The first kappa shape index (κ1) is 13.9. The van der Waals surface area contributed by atoms with E-state index in [0.29, 0.717) is 13.0 Å². The van der Waals surface area contributed by atoms with E-state index in [0.717, 1.165) is 5.56 Å². The predicted octanol–water partition coefficient (Wildman–Crippen LogP) is 1.86. The van der Waals surface area contributed by atoms with E-state index in [1.165, 1.54) is 24.0 Å². The SMILES string of the molecule is CC(O)C(=O)N(C)CCc1ccc(F)c(Cl)c1. The zero-order valence-electron chi connectivity index (χ0n) is 9.78. The van der Waals surface area contributed by atoms with E-state index in [1.54, 1.807) is 13.1 Å². The molecule has 0 heterocycles. The molecule has 1 aromatic carbocycles. The number of halogens is 2. The quantitative estimate of drug-likeness (QED) is 0.897. The summed E-state index contributed by atoms with van der Waals surface area (Å²) in [4.78, 5) is 12.8. The molecule has 1 atom stereocenters. The molecule has 0 spiro atoms. The number of carbonyl (C=O) groups excluding carboxylic acids is 1. The van der Waals surface area contributed by atoms with Crippen LogP contribution in [0.25, 0.3) is 0 Å². The summed E-state index contributed by atoms with van der Waals surface area (Å²) >= 11 is 5.65. The maximum absolute atomic E-state index is 12.9. The number of rotatable bonds is 4. The van der Waals surface area contributed by atoms with E-state index in [1.807, 2.05) is 0 Å². The van der Waals surface area contributed by atoms with Crippen LogP contribution < -0.4 is 0 Å². The summed E-state index contributed by atoms with van der Waals surface area (Å²) in [6.07, 6.45) is -0.439. The van der Waals surface area contributed by atoms with Gasteiger partial charge in [0, 0.05) is 13.6 Å². The highest BCUT2D eigenvalue weighted by Gasteiger charge is 2.14. The van der Waals surface area contributed by atoms with Gasteiger partial charge in [-0.25, -0.2) is 4.39 Å². The van der Waals surface area contributed by atoms with Crippen LogP contribution in [0.5, 0.6) is 0 Å². The number of aliphatic hydroxyl groups excluding tert-OH is 1. The lowest BCUT2D eigenvalue weighted by molar-refractivity contribution is -0.137. The highest BCUT2D eigenvalue weighted by atomic mass is 35.5. The minimum Gasteiger partial charge on any atom is -0.384 e. The molecule has 3 nitrogen and oxygen atoms in total. The molecule has 1 unspecified atom stereocenters. The van der Waals surface area contributed by atoms with Crippen molar-refractivity contribution in [2.24, 2.45) is 0 Å². The van der Waals surface area contributed by atoms with Crippen LogP contribution in [0, 0.1) is 5.82 Å². The van der Waals surface area contributed by atoms with Crippen LogP contribution in [0.4, 0.5) is 4.39 Å². The van der Waals surface area contributed by atoms with Gasteiger partial charge in [-0.15, -0.1) is 0 Å². The largest absolute Gasteiger partial charge is 0.384 e. The lowest BCUT2D eigenvalue weighted by Gasteiger charge is -2.18. The normalized spacial score (nSPS) is 12.3. The first-order chi connectivity index (χ1) is 7.91. The molecule has 0 aromatic heterocycles. The Kier molecular flexibility index (Phi) is 4.90. The van der Waals surface area contributed by atoms with Crippen LogP contribution in [-0.4, -0.2) is 35.6 Å². The molecular formula is C12H15ClFNO2. The molecule has 1 amide bonds. The van der Waals surface area contributed by atoms with Crippen molar-refractivity contribution < 1.29 is 14.3 Å². The average Bonchev–Trinajstić information content (AvgIpc) is 2.29. The molecule has 0 aliphatic rings. The molecule has 17 heavy (non-hydrogen) atoms. The number of benzene rings is 1. The van der Waals surface area contributed by atoms with Crippen LogP contribution in [0.3, 0.4) is 0 Å². The van der Waals surface area contributed by atoms with Gasteiger partial charge in [0.1, 0.15) is 11.9 Å². The third kappa shape index (κ3) is 3.98. The second-order valence-electron chi connectivity index (χ2n) is 3.93. The van der Waals surface area contributed by atoms with Crippen molar-refractivity contribution in [1.29, 1.82) is 0 Å². The fourth-order valence-electron chi connectivity index (χ4n) is 1.42. The summed E-state index contributed by atoms with van der Waals surface area (Å²) in [6, 6.07) is 4.47. The summed E-state index contributed by atoms with van der Waals surface area (Å²) in [6.45, 7) is 1.87. The molecule has 1 aromatic rings. The fourth-order valence-corrected chi connectivity index (χ4v) is 1.62. The maximum atomic E-state index is 12.9. The Balaban J connectivity index is 2.56. The summed E-state index contributed by atoms with van der Waals surface area (Å²) in [5.74, 6) is -0.790. The van der Waals surface area contributed by atoms with E-state index in [2.05, 4.69) is 0 Å². The standard InChI is InChI=1S/C12H15ClFNO2/c1-8(16)12(17)15(2)6-5-9-3-4-11(14)10(13)7-9/h3-4,7-8,16H,5-6H2,1-2H3. The van der Waals surface area contributed by atoms with Crippen molar-refractivity contribution >= 4 is 17.5 Å². The molecule has 0 bridgehead atoms. The van der Waals surface area contributed by atoms with Gasteiger partial charge in [-0.1, -0.05) is 17.7 Å². The Morgan fingerprint density at radius 1 is 1.59 bits per heavy atom. The zero-order valence-corrected chi connectivity index (χ0v) is 10.5. The van der Waals surface area contributed by atoms with Crippen molar-refractivity contribution in [2.45, 2.75) is 19.4 Å². The van der Waals surface area contributed by atoms with Crippen molar-refractivity contribution in [3.05, 3.63) is 34.6 Å². The molecule has 1 rings (SSSR count). The van der Waals surface area contributed by atoms with Gasteiger partial charge >= 0.3 is 0 Å². The number of aliphatic hydroxyl groups is 1. The number of hydrogen-bond acceptors (Lipinski definition) is 2. The lowest BCUT2D eigenvalue weighted by atomic mass is 10.1. The topological polar surface area (TPSA) is 40.5 Å². The van der Waals surface area contributed by atoms with E-state index in [4.69, 9.17) is 16.7 Å². The number of likely N-dealkylation sites (N-methyl/N-ethyl adjacent to an activating group) is 1. The zero-order chi connectivity index (χ0) is 13.0. The maximum Gasteiger partial charge on any atom is 0.250 e. The smallest absolute Gasteiger partial charge is 0.250 e. The number of carbonyl (C=O) groups is 1. The van der Waals surface area contributed by atoms with E-state index in [9.17, 15) is 9.18 Å². The number of amides is 1. The van der Waals surface area contributed by atoms with Crippen LogP contribution in [0.15, 0.2) is 18.2 Å². The second-order valence-corrected chi connectivity index (χ2v) is 4.34. The van der Waals surface area contributed by atoms with Crippen molar-refractivity contribution in [1.82, 2.24) is 4.90 Å². The summed E-state index contributed by atoms with van der Waals surface area (Å²) in [5, 5.41) is 9.18. The van der Waals surface area contributed by atoms with E-state index < -0.39 is 11.9 Å². The molecule has 0 aliphatic heterocycles. The third-order valence-electron chi connectivity index (χ3n) is 2.45. The van der Waals surface area contributed by atoms with E-state index >= 15 is 0 Å². The molecule has 0 saturated heterocycles. The molecule has 1 N–H and O–H groups in total. The van der Waals surface area contributed by atoms with Gasteiger partial charge in [-0.3, -0.25) is 4.79 Å². The molecular weight excluding hydrogens is 245 g/mol. The van der Waals surface area contributed by atoms with Crippen molar-refractivity contribution in [3.8, 4) is 0 Å².